The molecule has 148 valence electrons. The number of rotatable bonds is 9. The number of hydrogen-bond donors (Lipinski definition) is 1. The second-order valence-corrected chi connectivity index (χ2v) is 6.41. The lowest BCUT2D eigenvalue weighted by Crippen LogP contribution is -2.17. The van der Waals surface area contributed by atoms with Crippen LogP contribution in [0.3, 0.4) is 0 Å². The number of nitrogens with one attached hydrogen (secondary N) is 1. The van der Waals surface area contributed by atoms with E-state index in [2.05, 4.69) is 10.3 Å². The standard InChI is InChI=1S/C21H23F2N3O2/c1-2-28-13-5-12-26-19-7-4-3-6-18(19)24-21(26)25-20(27)11-8-15-14-16(22)9-10-17(15)23/h3-4,6-7,9-10,14H,2,5,8,11-13H2,1H3,(H,24,25,27). The van der Waals surface area contributed by atoms with E-state index in [0.717, 1.165) is 35.7 Å². The first kappa shape index (κ1) is 19.9. The summed E-state index contributed by atoms with van der Waals surface area (Å²) in [6.45, 7) is 3.87. The molecule has 1 amide bonds. The lowest BCUT2D eigenvalue weighted by Gasteiger charge is -2.10. The molecule has 0 aliphatic heterocycles. The van der Waals surface area contributed by atoms with Crippen LogP contribution >= 0.6 is 0 Å². The fraction of sp³-hybridized carbons (Fsp3) is 0.333. The summed E-state index contributed by atoms with van der Waals surface area (Å²) in [6, 6.07) is 10.9. The average Bonchev–Trinajstić information content (AvgIpc) is 3.03. The molecule has 3 rings (SSSR count). The number of aromatic nitrogens is 2. The highest BCUT2D eigenvalue weighted by molar-refractivity contribution is 5.91. The second kappa shape index (κ2) is 9.41. The molecule has 7 heteroatoms. The number of fused-ring (bicyclic) bond motifs is 1. The maximum Gasteiger partial charge on any atom is 0.227 e. The molecule has 2 aromatic carbocycles. The molecule has 1 aromatic heterocycles. The van der Waals surface area contributed by atoms with Gasteiger partial charge in [-0.25, -0.2) is 13.8 Å². The Balaban J connectivity index is 1.69. The Kier molecular flexibility index (Phi) is 6.71. The summed E-state index contributed by atoms with van der Waals surface area (Å²) in [4.78, 5) is 16.9. The maximum absolute atomic E-state index is 13.7. The van der Waals surface area contributed by atoms with E-state index in [1.807, 2.05) is 35.8 Å². The zero-order valence-corrected chi connectivity index (χ0v) is 15.8. The predicted molar refractivity (Wildman–Crippen MR) is 104 cm³/mol. The molecule has 0 atom stereocenters. The van der Waals surface area contributed by atoms with Gasteiger partial charge in [-0.3, -0.25) is 10.1 Å². The molecule has 0 saturated heterocycles. The smallest absolute Gasteiger partial charge is 0.227 e. The largest absolute Gasteiger partial charge is 0.382 e. The molecule has 0 spiro atoms. The van der Waals surface area contributed by atoms with Crippen LogP contribution in [0, 0.1) is 11.6 Å². The Bertz CT molecular complexity index is 956. The highest BCUT2D eigenvalue weighted by Gasteiger charge is 2.14. The number of imidazole rings is 1. The van der Waals surface area contributed by atoms with Crippen molar-refractivity contribution >= 4 is 22.9 Å². The molecular formula is C21H23F2N3O2. The summed E-state index contributed by atoms with van der Waals surface area (Å²) in [5.41, 5.74) is 1.89. The van der Waals surface area contributed by atoms with Crippen LogP contribution in [0.25, 0.3) is 11.0 Å². The molecule has 3 aromatic rings. The molecule has 28 heavy (non-hydrogen) atoms. The van der Waals surface area contributed by atoms with Crippen molar-refractivity contribution in [1.29, 1.82) is 0 Å². The minimum Gasteiger partial charge on any atom is -0.382 e. The number of carbonyl (C=O) groups excluding carboxylic acids is 1. The third-order valence-corrected chi connectivity index (χ3v) is 4.41. The molecule has 0 saturated carbocycles. The fourth-order valence-electron chi connectivity index (χ4n) is 3.04. The summed E-state index contributed by atoms with van der Waals surface area (Å²) in [6.07, 6.45) is 0.925. The number of hydrogen-bond acceptors (Lipinski definition) is 3. The number of benzene rings is 2. The molecule has 0 bridgehead atoms. The van der Waals surface area contributed by atoms with Crippen LogP contribution in [0.15, 0.2) is 42.5 Å². The first-order chi connectivity index (χ1) is 13.6. The van der Waals surface area contributed by atoms with E-state index < -0.39 is 11.6 Å². The predicted octanol–water partition coefficient (Wildman–Crippen LogP) is 4.31. The van der Waals surface area contributed by atoms with Crippen LogP contribution in [-0.2, 0) is 22.5 Å². The van der Waals surface area contributed by atoms with Crippen molar-refractivity contribution < 1.29 is 18.3 Å². The summed E-state index contributed by atoms with van der Waals surface area (Å²) in [5, 5.41) is 2.80. The summed E-state index contributed by atoms with van der Waals surface area (Å²) >= 11 is 0. The fourth-order valence-corrected chi connectivity index (χ4v) is 3.04. The van der Waals surface area contributed by atoms with Crippen LogP contribution in [0.5, 0.6) is 0 Å². The highest BCUT2D eigenvalue weighted by atomic mass is 19.1. The Hall–Kier alpha value is -2.80. The molecule has 1 N–H and O–H groups in total. The monoisotopic (exact) mass is 387 g/mol. The lowest BCUT2D eigenvalue weighted by atomic mass is 10.1. The van der Waals surface area contributed by atoms with Crippen molar-refractivity contribution in [2.24, 2.45) is 0 Å². The van der Waals surface area contributed by atoms with Crippen LogP contribution in [-0.4, -0.2) is 28.7 Å². The van der Waals surface area contributed by atoms with Crippen molar-refractivity contribution in [1.82, 2.24) is 9.55 Å². The number of nitrogens with zero attached hydrogens (tertiary/aromatic N) is 2. The van der Waals surface area contributed by atoms with Crippen LogP contribution in [0.4, 0.5) is 14.7 Å². The van der Waals surface area contributed by atoms with E-state index in [1.165, 1.54) is 0 Å². The zero-order valence-electron chi connectivity index (χ0n) is 15.8. The molecule has 0 unspecified atom stereocenters. The minimum absolute atomic E-state index is 0.0303. The molecule has 5 nitrogen and oxygen atoms in total. The van der Waals surface area contributed by atoms with E-state index in [0.29, 0.717) is 25.7 Å². The van der Waals surface area contributed by atoms with Gasteiger partial charge in [0.25, 0.3) is 0 Å². The van der Waals surface area contributed by atoms with Gasteiger partial charge >= 0.3 is 0 Å². The quantitative estimate of drug-likeness (QED) is 0.557. The molecule has 0 radical (unpaired) electrons. The highest BCUT2D eigenvalue weighted by Crippen LogP contribution is 2.20. The minimum atomic E-state index is -0.520. The Morgan fingerprint density at radius 3 is 2.86 bits per heavy atom. The average molecular weight is 387 g/mol. The van der Waals surface area contributed by atoms with Crippen molar-refractivity contribution in [2.75, 3.05) is 18.5 Å². The third kappa shape index (κ3) is 4.92. The molecule has 0 aliphatic carbocycles. The number of ether oxygens (including phenoxy) is 1. The number of anilines is 1. The van der Waals surface area contributed by atoms with Crippen LogP contribution in [0.2, 0.25) is 0 Å². The Labute approximate surface area is 162 Å². The number of carbonyl (C=O) groups is 1. The van der Waals surface area contributed by atoms with E-state index >= 15 is 0 Å². The zero-order chi connectivity index (χ0) is 19.9. The van der Waals surface area contributed by atoms with E-state index in [-0.39, 0.29) is 24.3 Å². The summed E-state index contributed by atoms with van der Waals surface area (Å²) in [7, 11) is 0. The SMILES string of the molecule is CCOCCCn1c(NC(=O)CCc2cc(F)ccc2F)nc2ccccc21. The number of para-hydroxylation sites is 2. The summed E-state index contributed by atoms with van der Waals surface area (Å²) < 4.78 is 34.3. The molecule has 1 heterocycles. The van der Waals surface area contributed by atoms with Gasteiger partial charge in [0.15, 0.2) is 0 Å². The topological polar surface area (TPSA) is 56.1 Å². The Morgan fingerprint density at radius 1 is 1.21 bits per heavy atom. The third-order valence-electron chi connectivity index (χ3n) is 4.41. The van der Waals surface area contributed by atoms with Gasteiger partial charge in [0, 0.05) is 26.2 Å². The van der Waals surface area contributed by atoms with Gasteiger partial charge < -0.3 is 9.30 Å². The maximum atomic E-state index is 13.7. The van der Waals surface area contributed by atoms with Crippen LogP contribution < -0.4 is 5.32 Å². The van der Waals surface area contributed by atoms with Gasteiger partial charge in [-0.1, -0.05) is 12.1 Å². The number of halogens is 2. The molecule has 0 fully saturated rings. The van der Waals surface area contributed by atoms with Gasteiger partial charge in [0.05, 0.1) is 11.0 Å². The first-order valence-electron chi connectivity index (χ1n) is 9.35. The van der Waals surface area contributed by atoms with Crippen molar-refractivity contribution in [3.05, 3.63) is 59.7 Å². The second-order valence-electron chi connectivity index (χ2n) is 6.41. The van der Waals surface area contributed by atoms with Crippen LogP contribution in [0.1, 0.15) is 25.3 Å². The van der Waals surface area contributed by atoms with Gasteiger partial charge in [0.2, 0.25) is 11.9 Å². The van der Waals surface area contributed by atoms with Crippen molar-refractivity contribution in [3.8, 4) is 0 Å². The molecular weight excluding hydrogens is 364 g/mol. The first-order valence-corrected chi connectivity index (χ1v) is 9.35. The number of amides is 1. The van der Waals surface area contributed by atoms with Gasteiger partial charge in [-0.15, -0.1) is 0 Å². The molecule has 0 aliphatic rings. The van der Waals surface area contributed by atoms with E-state index in [1.54, 1.807) is 0 Å². The van der Waals surface area contributed by atoms with E-state index in [4.69, 9.17) is 4.74 Å². The van der Waals surface area contributed by atoms with Gasteiger partial charge in [0.1, 0.15) is 11.6 Å². The Morgan fingerprint density at radius 2 is 2.04 bits per heavy atom. The summed E-state index contributed by atoms with van der Waals surface area (Å²) in [5.74, 6) is -0.891. The van der Waals surface area contributed by atoms with E-state index in [9.17, 15) is 13.6 Å². The normalized spacial score (nSPS) is 11.1. The van der Waals surface area contributed by atoms with Crippen molar-refractivity contribution in [2.45, 2.75) is 32.7 Å². The van der Waals surface area contributed by atoms with Gasteiger partial charge in [-0.2, -0.15) is 0 Å². The van der Waals surface area contributed by atoms with Crippen molar-refractivity contribution in [3.63, 3.8) is 0 Å². The van der Waals surface area contributed by atoms with Gasteiger partial charge in [-0.05, 0) is 55.7 Å². The lowest BCUT2D eigenvalue weighted by molar-refractivity contribution is -0.116. The number of aryl methyl sites for hydroxylation is 2.